The van der Waals surface area contributed by atoms with E-state index in [1.54, 1.807) is 18.2 Å². The molecular weight excluding hydrogens is 377 g/mol. The Kier molecular flexibility index (Phi) is 8.17. The Hall–Kier alpha value is -2.50. The molecule has 0 saturated carbocycles. The summed E-state index contributed by atoms with van der Waals surface area (Å²) in [5.41, 5.74) is 2.31. The second-order valence-corrected chi connectivity index (χ2v) is 7.67. The minimum absolute atomic E-state index is 0.178. The predicted molar refractivity (Wildman–Crippen MR) is 121 cm³/mol. The van der Waals surface area contributed by atoms with Crippen LogP contribution in [0.5, 0.6) is 0 Å². The van der Waals surface area contributed by atoms with Crippen molar-refractivity contribution in [2.45, 2.75) is 38.8 Å². The van der Waals surface area contributed by atoms with Crippen LogP contribution >= 0.6 is 0 Å². The van der Waals surface area contributed by atoms with Gasteiger partial charge in [0, 0.05) is 30.8 Å². The molecule has 2 aromatic carbocycles. The van der Waals surface area contributed by atoms with Crippen LogP contribution in [-0.2, 0) is 4.79 Å². The number of benzene rings is 2. The number of aromatic nitrogens is 1. The first kappa shape index (κ1) is 22.2. The highest BCUT2D eigenvalue weighted by Gasteiger charge is 2.21. The lowest BCUT2D eigenvalue weighted by atomic mass is 10.0. The topological polar surface area (TPSA) is 37.3 Å². The van der Waals surface area contributed by atoms with Crippen molar-refractivity contribution in [1.82, 2.24) is 14.8 Å². The monoisotopic (exact) mass is 409 g/mol. The Labute approximate surface area is 178 Å². The highest BCUT2D eigenvalue weighted by Crippen LogP contribution is 2.29. The van der Waals surface area contributed by atoms with Crippen LogP contribution < -0.4 is 5.32 Å². The zero-order valence-corrected chi connectivity index (χ0v) is 17.9. The molecule has 1 N–H and O–H groups in total. The minimum atomic E-state index is -0.213. The van der Waals surface area contributed by atoms with E-state index in [2.05, 4.69) is 52.2 Å². The average molecular weight is 410 g/mol. The molecule has 1 aliphatic rings. The first-order chi connectivity index (χ1) is 14.7. The summed E-state index contributed by atoms with van der Waals surface area (Å²) >= 11 is 0. The maximum Gasteiger partial charge on any atom is 0.141 e. The van der Waals surface area contributed by atoms with Crippen molar-refractivity contribution in [2.75, 3.05) is 26.2 Å². The Bertz CT molecular complexity index is 917. The number of fused-ring (bicyclic) bond motifs is 1. The fourth-order valence-corrected chi connectivity index (χ4v) is 4.07. The summed E-state index contributed by atoms with van der Waals surface area (Å²) in [7, 11) is 0. The van der Waals surface area contributed by atoms with E-state index in [0.717, 1.165) is 24.9 Å². The van der Waals surface area contributed by atoms with E-state index < -0.39 is 0 Å². The highest BCUT2D eigenvalue weighted by atomic mass is 19.1. The zero-order valence-electron chi connectivity index (χ0n) is 17.9. The maximum absolute atomic E-state index is 11.9. The average Bonchev–Trinajstić information content (AvgIpc) is 3.22. The normalized spacial score (nSPS) is 16.1. The van der Waals surface area contributed by atoms with Crippen LogP contribution in [0.1, 0.15) is 44.3 Å². The van der Waals surface area contributed by atoms with Crippen molar-refractivity contribution in [2.24, 2.45) is 0 Å². The molecule has 30 heavy (non-hydrogen) atoms. The van der Waals surface area contributed by atoms with E-state index in [1.165, 1.54) is 49.0 Å². The van der Waals surface area contributed by atoms with Gasteiger partial charge in [-0.2, -0.15) is 0 Å². The molecule has 1 aromatic heterocycles. The third kappa shape index (κ3) is 5.55. The lowest BCUT2D eigenvalue weighted by molar-refractivity contribution is -0.109. The van der Waals surface area contributed by atoms with Gasteiger partial charge < -0.3 is 19.6 Å². The molecule has 2 heterocycles. The van der Waals surface area contributed by atoms with Crippen molar-refractivity contribution in [1.29, 1.82) is 0 Å². The number of hydrogen-bond donors (Lipinski definition) is 1. The Morgan fingerprint density at radius 2 is 1.83 bits per heavy atom. The van der Waals surface area contributed by atoms with Gasteiger partial charge in [-0.05, 0) is 61.1 Å². The van der Waals surface area contributed by atoms with Gasteiger partial charge in [0.05, 0.1) is 6.04 Å². The van der Waals surface area contributed by atoms with Crippen molar-refractivity contribution in [3.8, 4) is 0 Å². The number of halogens is 1. The van der Waals surface area contributed by atoms with Gasteiger partial charge in [-0.3, -0.25) is 0 Å². The highest BCUT2D eigenvalue weighted by molar-refractivity contribution is 5.82. The molecule has 1 aliphatic heterocycles. The fourth-order valence-electron chi connectivity index (χ4n) is 4.07. The molecule has 0 bridgehead atoms. The quantitative estimate of drug-likeness (QED) is 0.584. The summed E-state index contributed by atoms with van der Waals surface area (Å²) < 4.78 is 14.3. The molecule has 0 aliphatic carbocycles. The third-order valence-electron chi connectivity index (χ3n) is 5.80. The summed E-state index contributed by atoms with van der Waals surface area (Å²) in [5.74, 6) is -0.178. The molecule has 0 spiro atoms. The van der Waals surface area contributed by atoms with Crippen LogP contribution in [0.2, 0.25) is 0 Å². The predicted octanol–water partition coefficient (Wildman–Crippen LogP) is 4.97. The second-order valence-electron chi connectivity index (χ2n) is 7.67. The molecular formula is C25H32FN3O. The molecule has 0 radical (unpaired) electrons. The van der Waals surface area contributed by atoms with Crippen LogP contribution in [0.4, 0.5) is 4.39 Å². The summed E-state index contributed by atoms with van der Waals surface area (Å²) in [6.45, 7) is 8.55. The third-order valence-corrected chi connectivity index (χ3v) is 5.80. The summed E-state index contributed by atoms with van der Waals surface area (Å²) in [5, 5.41) is 4.49. The number of hydrogen-bond acceptors (Lipinski definition) is 3. The van der Waals surface area contributed by atoms with Crippen molar-refractivity contribution < 1.29 is 9.18 Å². The number of carbonyl (C=O) groups excluding carboxylic acids is 1. The van der Waals surface area contributed by atoms with E-state index in [0.29, 0.717) is 6.04 Å². The number of nitrogens with one attached hydrogen (secondary N) is 1. The Morgan fingerprint density at radius 1 is 1.10 bits per heavy atom. The van der Waals surface area contributed by atoms with Crippen LogP contribution in [0, 0.1) is 5.82 Å². The lowest BCUT2D eigenvalue weighted by Crippen LogP contribution is -2.34. The van der Waals surface area contributed by atoms with Crippen molar-refractivity contribution in [3.05, 3.63) is 72.2 Å². The van der Waals surface area contributed by atoms with Gasteiger partial charge in [-0.25, -0.2) is 4.39 Å². The molecule has 1 atom stereocenters. The standard InChI is InChI=1S/C19H27N3O.C6H5F/c1-3-20-18(14-23)16-6-5-15-7-12-22(19(15)13-16)17-8-10-21(4-2)11-9-17;7-6-4-2-1-3-5-6/h5-7,12-14,17-18,20H,3-4,8-11H2,1-2H3;1-5H. The summed E-state index contributed by atoms with van der Waals surface area (Å²) in [6, 6.07) is 16.9. The van der Waals surface area contributed by atoms with E-state index in [4.69, 9.17) is 0 Å². The fraction of sp³-hybridized carbons (Fsp3) is 0.400. The van der Waals surface area contributed by atoms with Crippen LogP contribution in [-0.4, -0.2) is 41.9 Å². The largest absolute Gasteiger partial charge is 0.344 e. The molecule has 1 saturated heterocycles. The van der Waals surface area contributed by atoms with Gasteiger partial charge in [0.2, 0.25) is 0 Å². The van der Waals surface area contributed by atoms with E-state index in [1.807, 2.05) is 6.92 Å². The van der Waals surface area contributed by atoms with Crippen molar-refractivity contribution >= 4 is 17.2 Å². The van der Waals surface area contributed by atoms with Gasteiger partial charge in [-0.1, -0.05) is 44.2 Å². The smallest absolute Gasteiger partial charge is 0.141 e. The van der Waals surface area contributed by atoms with Gasteiger partial charge >= 0.3 is 0 Å². The van der Waals surface area contributed by atoms with E-state index in [9.17, 15) is 9.18 Å². The summed E-state index contributed by atoms with van der Waals surface area (Å²) in [4.78, 5) is 13.9. The van der Waals surface area contributed by atoms with E-state index >= 15 is 0 Å². The number of rotatable bonds is 6. The minimum Gasteiger partial charge on any atom is -0.344 e. The van der Waals surface area contributed by atoms with Crippen molar-refractivity contribution in [3.63, 3.8) is 0 Å². The molecule has 3 aromatic rings. The molecule has 4 nitrogen and oxygen atoms in total. The van der Waals surface area contributed by atoms with Crippen LogP contribution in [0.3, 0.4) is 0 Å². The number of carbonyl (C=O) groups is 1. The van der Waals surface area contributed by atoms with Gasteiger partial charge in [0.1, 0.15) is 12.1 Å². The van der Waals surface area contributed by atoms with Gasteiger partial charge in [0.15, 0.2) is 0 Å². The summed E-state index contributed by atoms with van der Waals surface area (Å²) in [6.07, 6.45) is 5.61. The van der Waals surface area contributed by atoms with E-state index in [-0.39, 0.29) is 11.9 Å². The molecule has 4 rings (SSSR count). The number of likely N-dealkylation sites (N-methyl/N-ethyl adjacent to an activating group) is 1. The maximum atomic E-state index is 11.9. The van der Waals surface area contributed by atoms with Crippen LogP contribution in [0.25, 0.3) is 10.9 Å². The molecule has 160 valence electrons. The van der Waals surface area contributed by atoms with Gasteiger partial charge in [-0.15, -0.1) is 0 Å². The van der Waals surface area contributed by atoms with Gasteiger partial charge in [0.25, 0.3) is 0 Å². The first-order valence-electron chi connectivity index (χ1n) is 10.9. The molecule has 0 amide bonds. The SMILES string of the molecule is CCNC(C=O)c1ccc2ccn(C3CCN(CC)CC3)c2c1.Fc1ccccc1. The second kappa shape index (κ2) is 11.0. The number of likely N-dealkylation sites (tertiary alicyclic amines) is 1. The lowest BCUT2D eigenvalue weighted by Gasteiger charge is -2.32. The molecule has 5 heteroatoms. The number of aldehydes is 1. The molecule has 1 fully saturated rings. The number of piperidine rings is 1. The Balaban J connectivity index is 0.000000310. The Morgan fingerprint density at radius 3 is 2.40 bits per heavy atom. The number of nitrogens with zero attached hydrogens (tertiary/aromatic N) is 2. The van der Waals surface area contributed by atoms with Crippen LogP contribution in [0.15, 0.2) is 60.8 Å². The first-order valence-corrected chi connectivity index (χ1v) is 10.9. The molecule has 1 unspecified atom stereocenters. The zero-order chi connectivity index (χ0) is 21.3.